The molecule has 158 valence electrons. The molecular formula is C19H26F3NO5. The minimum absolute atomic E-state index is 0.221. The lowest BCUT2D eigenvalue weighted by molar-refractivity contribution is -0.192. The lowest BCUT2D eigenvalue weighted by Gasteiger charge is -2.32. The second-order valence-electron chi connectivity index (χ2n) is 6.62. The third kappa shape index (κ3) is 6.08. The standard InChI is InChI=1S/C17H25NO3.C2HF3O2/c1-3-20-16-12-18(15-5-4-10-21-17(15)16)11-13-6-8-14(19-2)9-7-13;3-2(4,5)1(6)7/h6-9,15-17H,3-5,10-12H2,1-2H3;(H,6,7)/t15-,16+,17+;/m1./s1. The van der Waals surface area contributed by atoms with E-state index in [0.717, 1.165) is 38.5 Å². The first kappa shape index (κ1) is 22.4. The van der Waals surface area contributed by atoms with E-state index in [9.17, 15) is 13.2 Å². The molecular weight excluding hydrogens is 379 g/mol. The second-order valence-corrected chi connectivity index (χ2v) is 6.62. The van der Waals surface area contributed by atoms with Crippen molar-refractivity contribution in [3.8, 4) is 5.75 Å². The maximum absolute atomic E-state index is 10.6. The highest BCUT2D eigenvalue weighted by atomic mass is 19.4. The molecule has 3 rings (SSSR count). The molecule has 2 heterocycles. The topological polar surface area (TPSA) is 68.2 Å². The van der Waals surface area contributed by atoms with Gasteiger partial charge in [-0.3, -0.25) is 4.90 Å². The summed E-state index contributed by atoms with van der Waals surface area (Å²) in [5.41, 5.74) is 1.32. The van der Waals surface area contributed by atoms with Crippen LogP contribution in [0.15, 0.2) is 24.3 Å². The van der Waals surface area contributed by atoms with E-state index >= 15 is 0 Å². The Balaban J connectivity index is 0.000000345. The van der Waals surface area contributed by atoms with Gasteiger partial charge in [0, 0.05) is 32.3 Å². The van der Waals surface area contributed by atoms with E-state index in [4.69, 9.17) is 24.1 Å². The zero-order chi connectivity index (χ0) is 20.7. The van der Waals surface area contributed by atoms with Gasteiger partial charge in [-0.2, -0.15) is 13.2 Å². The highest BCUT2D eigenvalue weighted by Gasteiger charge is 2.44. The van der Waals surface area contributed by atoms with Crippen LogP contribution in [0, 0.1) is 0 Å². The highest BCUT2D eigenvalue weighted by molar-refractivity contribution is 5.73. The molecule has 0 bridgehead atoms. The van der Waals surface area contributed by atoms with Gasteiger partial charge in [0.25, 0.3) is 0 Å². The van der Waals surface area contributed by atoms with E-state index in [-0.39, 0.29) is 12.2 Å². The van der Waals surface area contributed by atoms with Crippen LogP contribution in [0.25, 0.3) is 0 Å². The Morgan fingerprint density at radius 1 is 1.32 bits per heavy atom. The number of methoxy groups -OCH3 is 1. The van der Waals surface area contributed by atoms with E-state index in [1.807, 2.05) is 12.1 Å². The number of hydrogen-bond donors (Lipinski definition) is 1. The number of rotatable bonds is 5. The van der Waals surface area contributed by atoms with E-state index in [0.29, 0.717) is 6.04 Å². The molecule has 2 fully saturated rings. The molecule has 1 aromatic carbocycles. The second kappa shape index (κ2) is 10.1. The number of benzene rings is 1. The molecule has 1 N–H and O–H groups in total. The van der Waals surface area contributed by atoms with Crippen LogP contribution in [0.1, 0.15) is 25.3 Å². The summed E-state index contributed by atoms with van der Waals surface area (Å²) in [5.74, 6) is -1.85. The molecule has 1 aromatic rings. The third-order valence-electron chi connectivity index (χ3n) is 4.75. The molecule has 9 heteroatoms. The van der Waals surface area contributed by atoms with Gasteiger partial charge in [0.05, 0.1) is 13.2 Å². The summed E-state index contributed by atoms with van der Waals surface area (Å²) in [5, 5.41) is 7.12. The fourth-order valence-electron chi connectivity index (χ4n) is 3.51. The predicted octanol–water partition coefficient (Wildman–Crippen LogP) is 3.10. The molecule has 0 aliphatic carbocycles. The number of halogens is 3. The maximum atomic E-state index is 10.6. The first-order valence-electron chi connectivity index (χ1n) is 9.16. The number of alkyl halides is 3. The normalized spacial score (nSPS) is 24.8. The SMILES string of the molecule is CCO[C@H]1CN(Cc2ccc(OC)cc2)[C@@H]2CCCO[C@H]12.O=C(O)C(F)(F)F. The van der Waals surface area contributed by atoms with Crippen LogP contribution >= 0.6 is 0 Å². The Kier molecular flexibility index (Phi) is 8.09. The lowest BCUT2D eigenvalue weighted by Crippen LogP contribution is -2.41. The number of ether oxygens (including phenoxy) is 3. The van der Waals surface area contributed by atoms with Crippen molar-refractivity contribution < 1.29 is 37.3 Å². The Bertz CT molecular complexity index is 623. The van der Waals surface area contributed by atoms with Crippen molar-refractivity contribution in [1.82, 2.24) is 4.90 Å². The van der Waals surface area contributed by atoms with Crippen molar-refractivity contribution in [2.24, 2.45) is 0 Å². The summed E-state index contributed by atoms with van der Waals surface area (Å²) in [7, 11) is 1.70. The smallest absolute Gasteiger partial charge is 0.490 e. The van der Waals surface area contributed by atoms with Gasteiger partial charge >= 0.3 is 12.1 Å². The Labute approximate surface area is 162 Å². The molecule has 2 saturated heterocycles. The van der Waals surface area contributed by atoms with Gasteiger partial charge in [0.2, 0.25) is 0 Å². The summed E-state index contributed by atoms with van der Waals surface area (Å²) in [4.78, 5) is 11.4. The summed E-state index contributed by atoms with van der Waals surface area (Å²) < 4.78 is 48.8. The van der Waals surface area contributed by atoms with Gasteiger partial charge in [-0.1, -0.05) is 12.1 Å². The van der Waals surface area contributed by atoms with E-state index in [1.165, 1.54) is 12.0 Å². The van der Waals surface area contributed by atoms with Gasteiger partial charge in [-0.25, -0.2) is 4.79 Å². The lowest BCUT2D eigenvalue weighted by atomic mass is 10.0. The average molecular weight is 405 g/mol. The minimum Gasteiger partial charge on any atom is -0.497 e. The molecule has 2 aliphatic rings. The molecule has 0 spiro atoms. The van der Waals surface area contributed by atoms with Crippen LogP contribution in [-0.2, 0) is 20.8 Å². The number of carbonyl (C=O) groups is 1. The molecule has 6 nitrogen and oxygen atoms in total. The maximum Gasteiger partial charge on any atom is 0.490 e. The molecule has 3 atom stereocenters. The zero-order valence-corrected chi connectivity index (χ0v) is 15.9. The van der Waals surface area contributed by atoms with Gasteiger partial charge in [0.1, 0.15) is 11.9 Å². The predicted molar refractivity (Wildman–Crippen MR) is 95.3 cm³/mol. The molecule has 0 unspecified atom stereocenters. The number of aliphatic carboxylic acids is 1. The van der Waals surface area contributed by atoms with Crippen molar-refractivity contribution in [2.75, 3.05) is 26.9 Å². The van der Waals surface area contributed by atoms with Crippen molar-refractivity contribution >= 4 is 5.97 Å². The third-order valence-corrected chi connectivity index (χ3v) is 4.75. The van der Waals surface area contributed by atoms with E-state index < -0.39 is 12.1 Å². The minimum atomic E-state index is -5.08. The number of hydrogen-bond acceptors (Lipinski definition) is 5. The van der Waals surface area contributed by atoms with E-state index in [2.05, 4.69) is 24.0 Å². The quantitative estimate of drug-likeness (QED) is 0.812. The highest BCUT2D eigenvalue weighted by Crippen LogP contribution is 2.32. The number of carboxylic acids is 1. The fraction of sp³-hybridized carbons (Fsp3) is 0.632. The summed E-state index contributed by atoms with van der Waals surface area (Å²) in [6.45, 7) is 5.62. The Morgan fingerprint density at radius 3 is 2.50 bits per heavy atom. The number of nitrogens with zero attached hydrogens (tertiary/aromatic N) is 1. The van der Waals surface area contributed by atoms with Crippen LogP contribution in [0.4, 0.5) is 13.2 Å². The average Bonchev–Trinajstić information content (AvgIpc) is 3.00. The molecule has 0 aromatic heterocycles. The van der Waals surface area contributed by atoms with Gasteiger partial charge in [-0.15, -0.1) is 0 Å². The largest absolute Gasteiger partial charge is 0.497 e. The van der Waals surface area contributed by atoms with Crippen LogP contribution in [0.5, 0.6) is 5.75 Å². The monoisotopic (exact) mass is 405 g/mol. The zero-order valence-electron chi connectivity index (χ0n) is 15.9. The fourth-order valence-corrected chi connectivity index (χ4v) is 3.51. The van der Waals surface area contributed by atoms with Crippen LogP contribution in [0.3, 0.4) is 0 Å². The van der Waals surface area contributed by atoms with E-state index in [1.54, 1.807) is 7.11 Å². The molecule has 2 aliphatic heterocycles. The van der Waals surface area contributed by atoms with Gasteiger partial charge in [-0.05, 0) is 37.5 Å². The van der Waals surface area contributed by atoms with Gasteiger partial charge < -0.3 is 19.3 Å². The Hall–Kier alpha value is -1.84. The van der Waals surface area contributed by atoms with Gasteiger partial charge in [0.15, 0.2) is 0 Å². The first-order valence-corrected chi connectivity index (χ1v) is 9.16. The summed E-state index contributed by atoms with van der Waals surface area (Å²) in [6, 6.07) is 8.84. The van der Waals surface area contributed by atoms with Crippen molar-refractivity contribution in [3.63, 3.8) is 0 Å². The number of carboxylic acid groups (broad SMARTS) is 1. The molecule has 0 saturated carbocycles. The van der Waals surface area contributed by atoms with Crippen molar-refractivity contribution in [1.29, 1.82) is 0 Å². The number of fused-ring (bicyclic) bond motifs is 1. The Morgan fingerprint density at radius 2 is 1.96 bits per heavy atom. The van der Waals surface area contributed by atoms with Crippen LogP contribution < -0.4 is 4.74 Å². The summed E-state index contributed by atoms with van der Waals surface area (Å²) >= 11 is 0. The molecule has 0 radical (unpaired) electrons. The number of likely N-dealkylation sites (tertiary alicyclic amines) is 1. The molecule has 0 amide bonds. The molecule has 28 heavy (non-hydrogen) atoms. The van der Waals surface area contributed by atoms with Crippen LogP contribution in [-0.4, -0.2) is 67.3 Å². The van der Waals surface area contributed by atoms with Crippen molar-refractivity contribution in [3.05, 3.63) is 29.8 Å². The summed E-state index contributed by atoms with van der Waals surface area (Å²) in [6.07, 6.45) is -2.25. The van der Waals surface area contributed by atoms with Crippen molar-refractivity contribution in [2.45, 2.75) is 50.7 Å². The first-order chi connectivity index (χ1) is 13.3. The van der Waals surface area contributed by atoms with Crippen LogP contribution in [0.2, 0.25) is 0 Å².